The zero-order chi connectivity index (χ0) is 17.2. The van der Waals surface area contributed by atoms with Gasteiger partial charge in [-0.25, -0.2) is 5.48 Å². The Balaban J connectivity index is 1.76. The van der Waals surface area contributed by atoms with Crippen LogP contribution in [0.4, 0.5) is 0 Å². The van der Waals surface area contributed by atoms with Crippen LogP contribution in [0.25, 0.3) is 12.2 Å². The van der Waals surface area contributed by atoms with Crippen LogP contribution in [-0.4, -0.2) is 17.7 Å². The molecule has 0 fully saturated rings. The first-order valence-corrected chi connectivity index (χ1v) is 8.21. The maximum Gasteiger partial charge on any atom is 0.243 e. The fraction of sp³-hybridized carbons (Fsp3) is 0.211. The van der Waals surface area contributed by atoms with Gasteiger partial charge in [-0.1, -0.05) is 60.2 Å². The van der Waals surface area contributed by atoms with Crippen molar-refractivity contribution in [2.24, 2.45) is 0 Å². The van der Waals surface area contributed by atoms with Gasteiger partial charge in [0.25, 0.3) is 0 Å². The zero-order valence-corrected chi connectivity index (χ0v) is 14.1. The number of hydroxylamine groups is 1. The number of halogens is 1. The maximum atomic E-state index is 10.9. The first-order valence-electron chi connectivity index (χ1n) is 7.83. The molecule has 0 heterocycles. The van der Waals surface area contributed by atoms with Crippen LogP contribution in [0, 0.1) is 0 Å². The molecule has 126 valence electrons. The van der Waals surface area contributed by atoms with E-state index in [9.17, 15) is 4.79 Å². The molecule has 2 rings (SSSR count). The Kier molecular flexibility index (Phi) is 7.49. The minimum atomic E-state index is -0.353. The molecule has 0 bridgehead atoms. The van der Waals surface area contributed by atoms with Crippen molar-refractivity contribution in [3.63, 3.8) is 0 Å². The lowest BCUT2D eigenvalue weighted by molar-refractivity contribution is -0.129. The van der Waals surface area contributed by atoms with Gasteiger partial charge in [0.1, 0.15) is 0 Å². The van der Waals surface area contributed by atoms with E-state index in [0.717, 1.165) is 29.2 Å². The molecule has 1 amide bonds. The molecule has 0 aliphatic heterocycles. The van der Waals surface area contributed by atoms with Gasteiger partial charge >= 0.3 is 0 Å². The molecule has 24 heavy (non-hydrogen) atoms. The van der Waals surface area contributed by atoms with Crippen LogP contribution in [0.15, 0.2) is 48.5 Å². The summed E-state index contributed by atoms with van der Waals surface area (Å²) in [7, 11) is 0. The third-order valence-corrected chi connectivity index (χ3v) is 3.78. The lowest BCUT2D eigenvalue weighted by Crippen LogP contribution is -2.21. The van der Waals surface area contributed by atoms with Crippen LogP contribution in [-0.2, 0) is 11.3 Å². The van der Waals surface area contributed by atoms with E-state index in [0.29, 0.717) is 12.8 Å². The summed E-state index contributed by atoms with van der Waals surface area (Å²) in [5.74, 6) is -0.353. The van der Waals surface area contributed by atoms with Gasteiger partial charge < -0.3 is 5.32 Å². The Morgan fingerprint density at radius 3 is 2.17 bits per heavy atom. The van der Waals surface area contributed by atoms with Crippen molar-refractivity contribution in [1.82, 2.24) is 10.8 Å². The molecule has 2 aromatic rings. The van der Waals surface area contributed by atoms with E-state index >= 15 is 0 Å². The molecule has 4 nitrogen and oxygen atoms in total. The molecule has 5 heteroatoms. The van der Waals surface area contributed by atoms with Crippen molar-refractivity contribution in [3.05, 3.63) is 70.2 Å². The number of amides is 1. The third kappa shape index (κ3) is 6.54. The fourth-order valence-corrected chi connectivity index (χ4v) is 2.30. The van der Waals surface area contributed by atoms with Crippen LogP contribution in [0.3, 0.4) is 0 Å². The number of rotatable bonds is 8. The average Bonchev–Trinajstić information content (AvgIpc) is 2.61. The summed E-state index contributed by atoms with van der Waals surface area (Å²) >= 11 is 5.87. The van der Waals surface area contributed by atoms with E-state index in [2.05, 4.69) is 41.7 Å². The predicted molar refractivity (Wildman–Crippen MR) is 97.7 cm³/mol. The van der Waals surface area contributed by atoms with E-state index in [1.165, 1.54) is 5.56 Å². The largest absolute Gasteiger partial charge is 0.313 e. The van der Waals surface area contributed by atoms with E-state index in [4.69, 9.17) is 16.8 Å². The molecule has 0 aromatic heterocycles. The minimum absolute atomic E-state index is 0.317. The van der Waals surface area contributed by atoms with E-state index in [1.54, 1.807) is 5.48 Å². The number of carbonyl (C=O) groups excluding carboxylic acids is 1. The highest BCUT2D eigenvalue weighted by Gasteiger charge is 1.98. The molecular formula is C19H21ClN2O2. The van der Waals surface area contributed by atoms with Crippen molar-refractivity contribution in [1.29, 1.82) is 0 Å². The highest BCUT2D eigenvalue weighted by atomic mass is 35.5. The molecule has 0 saturated heterocycles. The Labute approximate surface area is 147 Å². The number of nitrogens with one attached hydrogen (secondary N) is 2. The monoisotopic (exact) mass is 344 g/mol. The highest BCUT2D eigenvalue weighted by molar-refractivity contribution is 6.30. The second-order valence-corrected chi connectivity index (χ2v) is 5.88. The Morgan fingerprint density at radius 2 is 1.58 bits per heavy atom. The standard InChI is InChI=1S/C19H21ClN2O2/c20-18-11-9-16(10-12-18)4-3-15-5-7-17(8-6-15)14-21-13-1-2-19(23)22-24/h3-12,21,24H,1-2,13-14H2,(H,22,23)/b4-3+. The fourth-order valence-electron chi connectivity index (χ4n) is 2.18. The summed E-state index contributed by atoms with van der Waals surface area (Å²) in [6, 6.07) is 16.0. The average molecular weight is 345 g/mol. The highest BCUT2D eigenvalue weighted by Crippen LogP contribution is 2.13. The van der Waals surface area contributed by atoms with Crippen LogP contribution in [0.5, 0.6) is 0 Å². The number of hydrogen-bond acceptors (Lipinski definition) is 3. The molecule has 0 aliphatic rings. The van der Waals surface area contributed by atoms with Gasteiger partial charge in [0.05, 0.1) is 0 Å². The molecule has 0 spiro atoms. The number of hydrogen-bond donors (Lipinski definition) is 3. The molecule has 0 saturated carbocycles. The second-order valence-electron chi connectivity index (χ2n) is 5.44. The van der Waals surface area contributed by atoms with Crippen molar-refractivity contribution < 1.29 is 10.0 Å². The summed E-state index contributed by atoms with van der Waals surface area (Å²) in [5, 5.41) is 12.4. The normalized spacial score (nSPS) is 10.9. The Morgan fingerprint density at radius 1 is 1.00 bits per heavy atom. The smallest absolute Gasteiger partial charge is 0.243 e. The van der Waals surface area contributed by atoms with Crippen LogP contribution < -0.4 is 10.8 Å². The summed E-state index contributed by atoms with van der Waals surface area (Å²) in [6.07, 6.45) is 5.12. The molecular weight excluding hydrogens is 324 g/mol. The SMILES string of the molecule is O=C(CCCNCc1ccc(/C=C/c2ccc(Cl)cc2)cc1)NO. The van der Waals surface area contributed by atoms with Gasteiger partial charge in [-0.05, 0) is 41.8 Å². The number of benzene rings is 2. The summed E-state index contributed by atoms with van der Waals surface area (Å²) in [4.78, 5) is 10.9. The molecule has 0 radical (unpaired) electrons. The van der Waals surface area contributed by atoms with Gasteiger partial charge in [0, 0.05) is 18.0 Å². The summed E-state index contributed by atoms with van der Waals surface area (Å²) in [5.41, 5.74) is 5.05. The van der Waals surface area contributed by atoms with Gasteiger partial charge in [0.2, 0.25) is 5.91 Å². The third-order valence-electron chi connectivity index (χ3n) is 3.53. The molecule has 3 N–H and O–H groups in total. The van der Waals surface area contributed by atoms with Gasteiger partial charge in [-0.2, -0.15) is 0 Å². The summed E-state index contributed by atoms with van der Waals surface area (Å²) in [6.45, 7) is 1.48. The first kappa shape index (κ1) is 18.2. The quantitative estimate of drug-likeness (QED) is 0.295. The molecule has 0 atom stereocenters. The van der Waals surface area contributed by atoms with Gasteiger partial charge in [-0.15, -0.1) is 0 Å². The lowest BCUT2D eigenvalue weighted by atomic mass is 10.1. The van der Waals surface area contributed by atoms with Crippen molar-refractivity contribution in [3.8, 4) is 0 Å². The number of carbonyl (C=O) groups is 1. The predicted octanol–water partition coefficient (Wildman–Crippen LogP) is 3.89. The van der Waals surface area contributed by atoms with Crippen LogP contribution >= 0.6 is 11.6 Å². The molecule has 0 aliphatic carbocycles. The Bertz CT molecular complexity index is 667. The molecule has 0 unspecified atom stereocenters. The lowest BCUT2D eigenvalue weighted by Gasteiger charge is -2.05. The summed E-state index contributed by atoms with van der Waals surface area (Å²) < 4.78 is 0. The topological polar surface area (TPSA) is 61.4 Å². The van der Waals surface area contributed by atoms with E-state index < -0.39 is 0 Å². The minimum Gasteiger partial charge on any atom is -0.313 e. The first-order chi connectivity index (χ1) is 11.7. The zero-order valence-electron chi connectivity index (χ0n) is 13.3. The van der Waals surface area contributed by atoms with E-state index in [-0.39, 0.29) is 5.91 Å². The Hall–Kier alpha value is -2.14. The van der Waals surface area contributed by atoms with Gasteiger partial charge in [-0.3, -0.25) is 10.0 Å². The van der Waals surface area contributed by atoms with Gasteiger partial charge in [0.15, 0.2) is 0 Å². The maximum absolute atomic E-state index is 10.9. The van der Waals surface area contributed by atoms with Crippen molar-refractivity contribution in [2.75, 3.05) is 6.54 Å². The van der Waals surface area contributed by atoms with Crippen LogP contribution in [0.2, 0.25) is 5.02 Å². The van der Waals surface area contributed by atoms with Crippen molar-refractivity contribution in [2.45, 2.75) is 19.4 Å². The van der Waals surface area contributed by atoms with Crippen molar-refractivity contribution >= 4 is 29.7 Å². The van der Waals surface area contributed by atoms with Crippen LogP contribution in [0.1, 0.15) is 29.5 Å². The molecule has 2 aromatic carbocycles. The van der Waals surface area contributed by atoms with E-state index in [1.807, 2.05) is 24.3 Å². The second kappa shape index (κ2) is 9.88.